The lowest BCUT2D eigenvalue weighted by molar-refractivity contribution is -0.1000. The Bertz CT molecular complexity index is 782. The topological polar surface area (TPSA) is 32.8 Å². The van der Waals surface area contributed by atoms with Gasteiger partial charge < -0.3 is 9.64 Å². The van der Waals surface area contributed by atoms with Crippen molar-refractivity contribution in [1.29, 1.82) is 0 Å². The summed E-state index contributed by atoms with van der Waals surface area (Å²) in [6.45, 7) is 9.00. The zero-order valence-corrected chi connectivity index (χ0v) is 20.5. The molecule has 1 saturated heterocycles. The van der Waals surface area contributed by atoms with E-state index in [-0.39, 0.29) is 48.7 Å². The monoisotopic (exact) mass is 484 g/mol. The van der Waals surface area contributed by atoms with Crippen LogP contribution in [0.2, 0.25) is 0 Å². The summed E-state index contributed by atoms with van der Waals surface area (Å²) in [6, 6.07) is 16.3. The molecule has 0 amide bonds. The van der Waals surface area contributed by atoms with Gasteiger partial charge in [-0.15, -0.1) is 24.8 Å². The maximum atomic E-state index is 13.0. The first-order valence-electron chi connectivity index (χ1n) is 11.0. The number of hydrogen-bond donors (Lipinski definition) is 0. The van der Waals surface area contributed by atoms with Crippen molar-refractivity contribution in [2.75, 3.05) is 32.7 Å². The molecule has 0 spiro atoms. The summed E-state index contributed by atoms with van der Waals surface area (Å²) in [5.41, 5.74) is 1.89. The van der Waals surface area contributed by atoms with Crippen molar-refractivity contribution in [2.45, 2.75) is 45.4 Å². The van der Waals surface area contributed by atoms with E-state index >= 15 is 0 Å². The van der Waals surface area contributed by atoms with Gasteiger partial charge in [-0.1, -0.05) is 30.3 Å². The number of halogens is 3. The highest BCUT2D eigenvalue weighted by Crippen LogP contribution is 2.16. The second kappa shape index (κ2) is 14.6. The van der Waals surface area contributed by atoms with E-state index in [1.54, 1.807) is 12.1 Å². The summed E-state index contributed by atoms with van der Waals surface area (Å²) in [4.78, 5) is 17.1. The first kappa shape index (κ1) is 28.5. The smallest absolute Gasteiger partial charge is 0.162 e. The first-order valence-corrected chi connectivity index (χ1v) is 11.0. The maximum absolute atomic E-state index is 13.0. The molecule has 1 fully saturated rings. The lowest BCUT2D eigenvalue weighted by Crippen LogP contribution is -2.52. The number of carbonyl (C=O) groups excluding carboxylic acids is 1. The summed E-state index contributed by atoms with van der Waals surface area (Å²) in [5, 5.41) is 0. The average molecular weight is 485 g/mol. The zero-order chi connectivity index (χ0) is 21.3. The van der Waals surface area contributed by atoms with E-state index < -0.39 is 0 Å². The van der Waals surface area contributed by atoms with Crippen LogP contribution in [-0.2, 0) is 11.2 Å². The van der Waals surface area contributed by atoms with Crippen LogP contribution in [0.1, 0.15) is 42.6 Å². The van der Waals surface area contributed by atoms with Gasteiger partial charge in [-0.3, -0.25) is 9.69 Å². The van der Waals surface area contributed by atoms with Gasteiger partial charge in [0.1, 0.15) is 12.0 Å². The van der Waals surface area contributed by atoms with Crippen LogP contribution < -0.4 is 0 Å². The number of ketones is 1. The van der Waals surface area contributed by atoms with Crippen molar-refractivity contribution < 1.29 is 13.9 Å². The van der Waals surface area contributed by atoms with Crippen LogP contribution in [0.4, 0.5) is 4.39 Å². The van der Waals surface area contributed by atoms with Crippen molar-refractivity contribution in [3.8, 4) is 0 Å². The quantitative estimate of drug-likeness (QED) is 0.431. The summed E-state index contributed by atoms with van der Waals surface area (Å²) in [7, 11) is 0. The van der Waals surface area contributed by atoms with Crippen LogP contribution in [0, 0.1) is 5.82 Å². The van der Waals surface area contributed by atoms with Crippen molar-refractivity contribution in [3.05, 3.63) is 71.5 Å². The minimum absolute atomic E-state index is 0. The van der Waals surface area contributed by atoms with Gasteiger partial charge in [0, 0.05) is 44.6 Å². The van der Waals surface area contributed by atoms with Gasteiger partial charge in [0.05, 0.1) is 6.10 Å². The van der Waals surface area contributed by atoms with E-state index in [0.717, 1.165) is 45.6 Å². The molecular formula is C25H35Cl2FN2O2. The Morgan fingerprint density at radius 3 is 2.19 bits per heavy atom. The van der Waals surface area contributed by atoms with Crippen molar-refractivity contribution in [1.82, 2.24) is 9.80 Å². The molecule has 0 aliphatic carbocycles. The van der Waals surface area contributed by atoms with Gasteiger partial charge in [0.25, 0.3) is 0 Å². The predicted molar refractivity (Wildman–Crippen MR) is 133 cm³/mol. The fourth-order valence-electron chi connectivity index (χ4n) is 3.91. The van der Waals surface area contributed by atoms with E-state index in [1.165, 1.54) is 17.7 Å². The molecule has 1 aliphatic heterocycles. The molecule has 32 heavy (non-hydrogen) atoms. The normalized spacial score (nSPS) is 15.6. The zero-order valence-electron chi connectivity index (χ0n) is 18.9. The second-order valence-corrected chi connectivity index (χ2v) is 8.24. The second-order valence-electron chi connectivity index (χ2n) is 8.24. The molecule has 1 atom stereocenters. The number of rotatable bonds is 10. The van der Waals surface area contributed by atoms with Gasteiger partial charge in [-0.2, -0.15) is 0 Å². The van der Waals surface area contributed by atoms with E-state index in [4.69, 9.17) is 4.74 Å². The molecule has 1 heterocycles. The molecule has 4 nitrogen and oxygen atoms in total. The Balaban J connectivity index is 0.00000256. The lowest BCUT2D eigenvalue weighted by atomic mass is 10.1. The van der Waals surface area contributed by atoms with Crippen molar-refractivity contribution in [2.24, 2.45) is 0 Å². The average Bonchev–Trinajstić information content (AvgIpc) is 2.74. The molecule has 3 rings (SSSR count). The van der Waals surface area contributed by atoms with Crippen LogP contribution in [0.25, 0.3) is 0 Å². The fraction of sp³-hybridized carbons (Fsp3) is 0.480. The third-order valence-electron chi connectivity index (χ3n) is 5.54. The maximum Gasteiger partial charge on any atom is 0.162 e. The van der Waals surface area contributed by atoms with Crippen LogP contribution in [-0.4, -0.2) is 60.6 Å². The largest absolute Gasteiger partial charge is 0.360 e. The number of piperazine rings is 1. The third kappa shape index (κ3) is 9.16. The Hall–Kier alpha value is -1.50. The Kier molecular flexibility index (Phi) is 13.0. The van der Waals surface area contributed by atoms with Crippen molar-refractivity contribution >= 4 is 30.6 Å². The Labute approximate surface area is 203 Å². The van der Waals surface area contributed by atoms with Gasteiger partial charge in [-0.25, -0.2) is 4.39 Å². The van der Waals surface area contributed by atoms with E-state index in [1.807, 2.05) is 6.07 Å². The summed E-state index contributed by atoms with van der Waals surface area (Å²) in [5.74, 6) is -0.224. The Morgan fingerprint density at radius 1 is 0.969 bits per heavy atom. The van der Waals surface area contributed by atoms with E-state index in [9.17, 15) is 9.18 Å². The molecule has 2 aromatic carbocycles. The summed E-state index contributed by atoms with van der Waals surface area (Å²) < 4.78 is 19.2. The summed E-state index contributed by atoms with van der Waals surface area (Å²) in [6.07, 6.45) is 2.50. The highest BCUT2D eigenvalue weighted by Gasteiger charge is 2.25. The number of carbonyl (C=O) groups is 1. The minimum Gasteiger partial charge on any atom is -0.360 e. The SMILES string of the molecule is CC(C)OC(Cc1ccccc1)N1CCN(CCCC(=O)c2ccc(F)cc2)CC1.Cl.Cl. The van der Waals surface area contributed by atoms with E-state index in [0.29, 0.717) is 12.0 Å². The summed E-state index contributed by atoms with van der Waals surface area (Å²) >= 11 is 0. The van der Waals surface area contributed by atoms with Crippen molar-refractivity contribution in [3.63, 3.8) is 0 Å². The molecule has 1 unspecified atom stereocenters. The Morgan fingerprint density at radius 2 is 1.59 bits per heavy atom. The number of hydrogen-bond acceptors (Lipinski definition) is 4. The highest BCUT2D eigenvalue weighted by molar-refractivity contribution is 5.95. The third-order valence-corrected chi connectivity index (χ3v) is 5.54. The fourth-order valence-corrected chi connectivity index (χ4v) is 3.91. The van der Waals surface area contributed by atoms with Gasteiger partial charge in [0.15, 0.2) is 5.78 Å². The first-order chi connectivity index (χ1) is 14.5. The van der Waals surface area contributed by atoms with Crippen LogP contribution in [0.3, 0.4) is 0 Å². The van der Waals surface area contributed by atoms with Crippen LogP contribution in [0.5, 0.6) is 0 Å². The lowest BCUT2D eigenvalue weighted by Gasteiger charge is -2.39. The van der Waals surface area contributed by atoms with Gasteiger partial charge in [0.2, 0.25) is 0 Å². The number of Topliss-reactive ketones (excluding diaryl/α,β-unsaturated/α-hetero) is 1. The molecule has 0 aromatic heterocycles. The number of ether oxygens (including phenoxy) is 1. The van der Waals surface area contributed by atoms with Gasteiger partial charge in [-0.05, 0) is 56.6 Å². The molecule has 1 aliphatic rings. The highest BCUT2D eigenvalue weighted by atomic mass is 35.5. The molecule has 2 aromatic rings. The molecule has 0 radical (unpaired) electrons. The van der Waals surface area contributed by atoms with Crippen LogP contribution in [0.15, 0.2) is 54.6 Å². The molecule has 0 bridgehead atoms. The molecular weight excluding hydrogens is 450 g/mol. The standard InChI is InChI=1S/C25H33FN2O2.2ClH/c1-20(2)30-25(19-21-7-4-3-5-8-21)28-17-15-27(16-18-28)14-6-9-24(29)22-10-12-23(26)13-11-22;;/h3-5,7-8,10-13,20,25H,6,9,14-19H2,1-2H3;2*1H. The number of benzene rings is 2. The number of nitrogens with zero attached hydrogens (tertiary/aromatic N) is 2. The predicted octanol–water partition coefficient (Wildman–Crippen LogP) is 5.24. The van der Waals surface area contributed by atoms with Crippen LogP contribution >= 0.6 is 24.8 Å². The van der Waals surface area contributed by atoms with E-state index in [2.05, 4.69) is 47.9 Å². The molecule has 0 saturated carbocycles. The minimum atomic E-state index is -0.309. The molecule has 7 heteroatoms. The van der Waals surface area contributed by atoms with Gasteiger partial charge >= 0.3 is 0 Å². The molecule has 0 N–H and O–H groups in total. The molecule has 178 valence electrons.